The molecule has 0 bridgehead atoms. The molecule has 0 saturated carbocycles. The van der Waals surface area contributed by atoms with Crippen molar-refractivity contribution < 1.29 is 24.2 Å². The van der Waals surface area contributed by atoms with Crippen LogP contribution in [0.5, 0.6) is 5.75 Å². The van der Waals surface area contributed by atoms with Crippen molar-refractivity contribution in [3.05, 3.63) is 29.8 Å². The van der Waals surface area contributed by atoms with Gasteiger partial charge >= 0.3 is 5.97 Å². The van der Waals surface area contributed by atoms with Crippen LogP contribution in [-0.4, -0.2) is 78.8 Å². The summed E-state index contributed by atoms with van der Waals surface area (Å²) in [7, 11) is 1.59. The van der Waals surface area contributed by atoms with Crippen LogP contribution in [0, 0.1) is 5.41 Å². The van der Waals surface area contributed by atoms with Crippen LogP contribution in [0.1, 0.15) is 42.5 Å². The lowest BCUT2D eigenvalue weighted by molar-refractivity contribution is -0.151. The van der Waals surface area contributed by atoms with Crippen LogP contribution in [0.4, 0.5) is 0 Å². The molecule has 3 aliphatic heterocycles. The normalized spacial score (nSPS) is 25.2. The fourth-order valence-electron chi connectivity index (χ4n) is 4.81. The fraction of sp³-hybridized carbons (Fsp3) is 0.636. The van der Waals surface area contributed by atoms with Gasteiger partial charge in [0, 0.05) is 44.7 Å². The van der Waals surface area contributed by atoms with Crippen LogP contribution in [0.25, 0.3) is 0 Å². The SMILES string of the molecule is COc1cccc(C(=O)N2CCC3(CC2)CC(CN2CCC(O)CC2)OC3=O)c1. The third-order valence-electron chi connectivity index (χ3n) is 6.67. The molecule has 0 aliphatic carbocycles. The molecule has 1 aromatic rings. The molecule has 0 radical (unpaired) electrons. The second-order valence-electron chi connectivity index (χ2n) is 8.57. The average molecular weight is 402 g/mol. The minimum atomic E-state index is -0.453. The van der Waals surface area contributed by atoms with E-state index in [1.165, 1.54) is 0 Å². The number of hydrogen-bond donors (Lipinski definition) is 1. The molecule has 3 saturated heterocycles. The maximum atomic E-state index is 12.8. The van der Waals surface area contributed by atoms with Crippen LogP contribution in [0.3, 0.4) is 0 Å². The van der Waals surface area contributed by atoms with E-state index in [9.17, 15) is 14.7 Å². The molecule has 0 aromatic heterocycles. The van der Waals surface area contributed by atoms with E-state index >= 15 is 0 Å². The highest BCUT2D eigenvalue weighted by Gasteiger charge is 2.51. The van der Waals surface area contributed by atoms with Crippen LogP contribution >= 0.6 is 0 Å². The number of carbonyl (C=O) groups excluding carboxylic acids is 2. The number of methoxy groups -OCH3 is 1. The van der Waals surface area contributed by atoms with Crippen molar-refractivity contribution >= 4 is 11.9 Å². The maximum Gasteiger partial charge on any atom is 0.312 e. The van der Waals surface area contributed by atoms with Crippen molar-refractivity contribution in [2.75, 3.05) is 39.8 Å². The quantitative estimate of drug-likeness (QED) is 0.772. The minimum Gasteiger partial charge on any atom is -0.497 e. The minimum absolute atomic E-state index is 0.0199. The largest absolute Gasteiger partial charge is 0.497 e. The molecule has 1 atom stereocenters. The summed E-state index contributed by atoms with van der Waals surface area (Å²) in [5, 5.41) is 9.66. The summed E-state index contributed by atoms with van der Waals surface area (Å²) >= 11 is 0. The number of hydrogen-bond acceptors (Lipinski definition) is 6. The molecule has 7 nitrogen and oxygen atoms in total. The van der Waals surface area contributed by atoms with Gasteiger partial charge < -0.3 is 19.5 Å². The molecule has 1 amide bonds. The first-order chi connectivity index (χ1) is 14.0. The summed E-state index contributed by atoms with van der Waals surface area (Å²) in [5.74, 6) is 0.540. The lowest BCUT2D eigenvalue weighted by atomic mass is 9.76. The zero-order valence-corrected chi connectivity index (χ0v) is 17.0. The maximum absolute atomic E-state index is 12.8. The number of esters is 1. The van der Waals surface area contributed by atoms with Crippen molar-refractivity contribution in [2.24, 2.45) is 5.41 Å². The molecular formula is C22H30N2O5. The predicted octanol–water partition coefficient (Wildman–Crippen LogP) is 1.69. The number of aliphatic hydroxyl groups excluding tert-OH is 1. The number of rotatable bonds is 4. The monoisotopic (exact) mass is 402 g/mol. The van der Waals surface area contributed by atoms with E-state index in [2.05, 4.69) is 4.90 Å². The summed E-state index contributed by atoms with van der Waals surface area (Å²) in [4.78, 5) is 29.6. The highest BCUT2D eigenvalue weighted by Crippen LogP contribution is 2.43. The molecule has 3 heterocycles. The Hall–Kier alpha value is -2.12. The predicted molar refractivity (Wildman–Crippen MR) is 107 cm³/mol. The van der Waals surface area contributed by atoms with Gasteiger partial charge in [0.25, 0.3) is 5.91 Å². The third kappa shape index (κ3) is 4.26. The lowest BCUT2D eigenvalue weighted by Crippen LogP contribution is -2.45. The first kappa shape index (κ1) is 20.2. The summed E-state index contributed by atoms with van der Waals surface area (Å²) in [6, 6.07) is 7.18. The molecule has 7 heteroatoms. The van der Waals surface area contributed by atoms with E-state index in [1.807, 2.05) is 17.0 Å². The van der Waals surface area contributed by atoms with Gasteiger partial charge in [-0.1, -0.05) is 6.07 Å². The van der Waals surface area contributed by atoms with Gasteiger partial charge in [-0.25, -0.2) is 0 Å². The molecule has 1 aromatic carbocycles. The Labute approximate surface area is 171 Å². The van der Waals surface area contributed by atoms with Crippen LogP contribution in [0.2, 0.25) is 0 Å². The summed E-state index contributed by atoms with van der Waals surface area (Å²) < 4.78 is 10.9. The van der Waals surface area contributed by atoms with Crippen LogP contribution < -0.4 is 4.74 Å². The summed E-state index contributed by atoms with van der Waals surface area (Å²) in [5.41, 5.74) is 0.157. The Morgan fingerprint density at radius 3 is 2.66 bits per heavy atom. The van der Waals surface area contributed by atoms with E-state index in [0.29, 0.717) is 37.2 Å². The first-order valence-electron chi connectivity index (χ1n) is 10.5. The Kier molecular flexibility index (Phi) is 5.79. The number of aliphatic hydroxyl groups is 1. The average Bonchev–Trinajstić information content (AvgIpc) is 3.04. The van der Waals surface area contributed by atoms with Gasteiger partial charge in [0.05, 0.1) is 18.6 Å². The molecule has 1 spiro atoms. The molecule has 158 valence electrons. The van der Waals surface area contributed by atoms with Gasteiger partial charge in [0.15, 0.2) is 0 Å². The van der Waals surface area contributed by atoms with Crippen molar-refractivity contribution in [3.8, 4) is 5.75 Å². The van der Waals surface area contributed by atoms with Gasteiger partial charge in [-0.2, -0.15) is 0 Å². The van der Waals surface area contributed by atoms with Gasteiger partial charge in [-0.3, -0.25) is 14.5 Å². The standard InChI is InChI=1S/C22H30N2O5/c1-28-18-4-2-3-16(13-18)20(26)24-11-7-22(8-12-24)14-19(29-21(22)27)15-23-9-5-17(25)6-10-23/h2-4,13,17,19,25H,5-12,14-15H2,1H3. The number of ether oxygens (including phenoxy) is 2. The van der Waals surface area contributed by atoms with Crippen molar-refractivity contribution in [2.45, 2.75) is 44.3 Å². The van der Waals surface area contributed by atoms with Gasteiger partial charge in [0.1, 0.15) is 11.9 Å². The zero-order chi connectivity index (χ0) is 20.4. The number of benzene rings is 1. The molecule has 1 unspecified atom stereocenters. The second kappa shape index (κ2) is 8.32. The number of likely N-dealkylation sites (tertiary alicyclic amines) is 2. The molecule has 3 aliphatic rings. The second-order valence-corrected chi connectivity index (χ2v) is 8.57. The van der Waals surface area contributed by atoms with Gasteiger partial charge in [0.2, 0.25) is 0 Å². The van der Waals surface area contributed by atoms with E-state index < -0.39 is 5.41 Å². The van der Waals surface area contributed by atoms with Gasteiger partial charge in [-0.05, 0) is 43.9 Å². The summed E-state index contributed by atoms with van der Waals surface area (Å²) in [6.07, 6.45) is 3.31. The lowest BCUT2D eigenvalue weighted by Gasteiger charge is -2.36. The number of piperidine rings is 2. The zero-order valence-electron chi connectivity index (χ0n) is 17.0. The van der Waals surface area contributed by atoms with Crippen LogP contribution in [0.15, 0.2) is 24.3 Å². The number of nitrogens with zero attached hydrogens (tertiary/aromatic N) is 2. The third-order valence-corrected chi connectivity index (χ3v) is 6.67. The highest BCUT2D eigenvalue weighted by molar-refractivity contribution is 5.95. The Balaban J connectivity index is 1.33. The first-order valence-corrected chi connectivity index (χ1v) is 10.5. The Morgan fingerprint density at radius 2 is 1.97 bits per heavy atom. The number of amides is 1. The van der Waals surface area contributed by atoms with E-state index in [1.54, 1.807) is 19.2 Å². The smallest absolute Gasteiger partial charge is 0.312 e. The van der Waals surface area contributed by atoms with E-state index in [0.717, 1.165) is 38.9 Å². The Bertz CT molecular complexity index is 751. The molecule has 1 N–H and O–H groups in total. The molecule has 29 heavy (non-hydrogen) atoms. The topological polar surface area (TPSA) is 79.3 Å². The highest BCUT2D eigenvalue weighted by atomic mass is 16.6. The Morgan fingerprint density at radius 1 is 1.24 bits per heavy atom. The van der Waals surface area contributed by atoms with Crippen molar-refractivity contribution in [1.82, 2.24) is 9.80 Å². The fourth-order valence-corrected chi connectivity index (χ4v) is 4.81. The molecule has 3 fully saturated rings. The molecular weight excluding hydrogens is 372 g/mol. The van der Waals surface area contributed by atoms with E-state index in [4.69, 9.17) is 9.47 Å². The van der Waals surface area contributed by atoms with E-state index in [-0.39, 0.29) is 24.1 Å². The summed E-state index contributed by atoms with van der Waals surface area (Å²) in [6.45, 7) is 3.57. The van der Waals surface area contributed by atoms with Gasteiger partial charge in [-0.15, -0.1) is 0 Å². The number of cyclic esters (lactones) is 1. The van der Waals surface area contributed by atoms with Crippen LogP contribution in [-0.2, 0) is 9.53 Å². The number of carbonyl (C=O) groups is 2. The molecule has 4 rings (SSSR count). The van der Waals surface area contributed by atoms with Crippen molar-refractivity contribution in [3.63, 3.8) is 0 Å². The van der Waals surface area contributed by atoms with Crippen molar-refractivity contribution in [1.29, 1.82) is 0 Å².